The van der Waals surface area contributed by atoms with Crippen LogP contribution >= 0.6 is 0 Å². The van der Waals surface area contributed by atoms with Crippen LogP contribution in [-0.2, 0) is 9.47 Å². The predicted molar refractivity (Wildman–Crippen MR) is 59.3 cm³/mol. The van der Waals surface area contributed by atoms with Gasteiger partial charge in [-0.3, -0.25) is 0 Å². The predicted octanol–water partition coefficient (Wildman–Crippen LogP) is 2.88. The normalized spacial score (nSPS) is 30.3. The Morgan fingerprint density at radius 1 is 1.27 bits per heavy atom. The van der Waals surface area contributed by atoms with E-state index in [1.165, 1.54) is 19.3 Å². The fraction of sp³-hybridized carbons (Fsp3) is 0.917. The standard InChI is InChI=1S/C12H21NO2/c1-10(13)12(7-3-4-8-12)15-11-6-2-5-9-14-11/h11,13H,2-9H2,1H3. The molecule has 1 atom stereocenters. The molecule has 2 rings (SSSR count). The SMILES string of the molecule is CC(=N)C1(OC2CCCCO2)CCCC1. The van der Waals surface area contributed by atoms with Crippen molar-refractivity contribution in [3.63, 3.8) is 0 Å². The molecular weight excluding hydrogens is 190 g/mol. The van der Waals surface area contributed by atoms with Crippen molar-refractivity contribution in [3.8, 4) is 0 Å². The molecule has 86 valence electrons. The van der Waals surface area contributed by atoms with Gasteiger partial charge in [-0.2, -0.15) is 0 Å². The monoisotopic (exact) mass is 211 g/mol. The number of rotatable bonds is 3. The summed E-state index contributed by atoms with van der Waals surface area (Å²) in [6.07, 6.45) is 7.65. The topological polar surface area (TPSA) is 42.3 Å². The largest absolute Gasteiger partial charge is 0.353 e. The van der Waals surface area contributed by atoms with Gasteiger partial charge < -0.3 is 14.9 Å². The van der Waals surface area contributed by atoms with Crippen molar-refractivity contribution in [3.05, 3.63) is 0 Å². The Balaban J connectivity index is 1.96. The van der Waals surface area contributed by atoms with E-state index in [4.69, 9.17) is 14.9 Å². The Morgan fingerprint density at radius 2 is 2.00 bits per heavy atom. The molecule has 1 N–H and O–H groups in total. The molecular formula is C12H21NO2. The van der Waals surface area contributed by atoms with E-state index in [1.54, 1.807) is 0 Å². The fourth-order valence-electron chi connectivity index (χ4n) is 2.58. The van der Waals surface area contributed by atoms with E-state index in [0.29, 0.717) is 5.71 Å². The van der Waals surface area contributed by atoms with Gasteiger partial charge in [-0.05, 0) is 39.0 Å². The van der Waals surface area contributed by atoms with E-state index in [-0.39, 0.29) is 11.9 Å². The molecule has 1 saturated heterocycles. The van der Waals surface area contributed by atoms with Crippen molar-refractivity contribution in [1.29, 1.82) is 5.41 Å². The van der Waals surface area contributed by atoms with Gasteiger partial charge in [-0.15, -0.1) is 0 Å². The molecule has 3 heteroatoms. The molecule has 0 aromatic rings. The highest BCUT2D eigenvalue weighted by atomic mass is 16.7. The van der Waals surface area contributed by atoms with Crippen LogP contribution < -0.4 is 0 Å². The zero-order valence-corrected chi connectivity index (χ0v) is 9.55. The highest BCUT2D eigenvalue weighted by Gasteiger charge is 2.39. The third-order valence-corrected chi connectivity index (χ3v) is 3.59. The minimum Gasteiger partial charge on any atom is -0.353 e. The van der Waals surface area contributed by atoms with Crippen LogP contribution in [0.15, 0.2) is 0 Å². The molecule has 0 aromatic heterocycles. The van der Waals surface area contributed by atoms with Crippen LogP contribution in [0.4, 0.5) is 0 Å². The number of nitrogens with one attached hydrogen (secondary N) is 1. The lowest BCUT2D eigenvalue weighted by Gasteiger charge is -2.34. The van der Waals surface area contributed by atoms with Gasteiger partial charge in [0.1, 0.15) is 5.60 Å². The first kappa shape index (κ1) is 11.1. The summed E-state index contributed by atoms with van der Waals surface area (Å²) in [6, 6.07) is 0. The molecule has 0 spiro atoms. The van der Waals surface area contributed by atoms with Crippen LogP contribution in [0.1, 0.15) is 51.9 Å². The van der Waals surface area contributed by atoms with Crippen molar-refractivity contribution in [1.82, 2.24) is 0 Å². The zero-order chi connectivity index (χ0) is 10.7. The summed E-state index contributed by atoms with van der Waals surface area (Å²) in [5, 5.41) is 7.88. The highest BCUT2D eigenvalue weighted by molar-refractivity contribution is 5.87. The lowest BCUT2D eigenvalue weighted by atomic mass is 9.96. The summed E-state index contributed by atoms with van der Waals surface area (Å²) < 4.78 is 11.7. The van der Waals surface area contributed by atoms with Crippen LogP contribution in [-0.4, -0.2) is 24.2 Å². The fourth-order valence-corrected chi connectivity index (χ4v) is 2.58. The Morgan fingerprint density at radius 3 is 2.53 bits per heavy atom. The maximum atomic E-state index is 7.88. The lowest BCUT2D eigenvalue weighted by molar-refractivity contribution is -0.203. The first-order valence-electron chi connectivity index (χ1n) is 6.08. The first-order valence-corrected chi connectivity index (χ1v) is 6.08. The van der Waals surface area contributed by atoms with Crippen molar-refractivity contribution >= 4 is 5.71 Å². The van der Waals surface area contributed by atoms with Gasteiger partial charge in [0, 0.05) is 12.3 Å². The molecule has 2 aliphatic rings. The van der Waals surface area contributed by atoms with Crippen molar-refractivity contribution in [2.45, 2.75) is 63.8 Å². The smallest absolute Gasteiger partial charge is 0.158 e. The summed E-state index contributed by atoms with van der Waals surface area (Å²) in [7, 11) is 0. The third-order valence-electron chi connectivity index (χ3n) is 3.59. The van der Waals surface area contributed by atoms with E-state index in [0.717, 1.165) is 32.3 Å². The van der Waals surface area contributed by atoms with Crippen LogP contribution in [0, 0.1) is 5.41 Å². The Bertz CT molecular complexity index is 228. The summed E-state index contributed by atoms with van der Waals surface area (Å²) in [4.78, 5) is 0. The summed E-state index contributed by atoms with van der Waals surface area (Å²) in [6.45, 7) is 2.69. The molecule has 15 heavy (non-hydrogen) atoms. The minimum absolute atomic E-state index is 0.0582. The van der Waals surface area contributed by atoms with Gasteiger partial charge in [0.25, 0.3) is 0 Å². The Hall–Kier alpha value is -0.410. The van der Waals surface area contributed by atoms with Gasteiger partial charge in [-0.25, -0.2) is 0 Å². The van der Waals surface area contributed by atoms with E-state index in [1.807, 2.05) is 6.92 Å². The number of ether oxygens (including phenoxy) is 2. The molecule has 0 amide bonds. The van der Waals surface area contributed by atoms with Crippen molar-refractivity contribution in [2.24, 2.45) is 0 Å². The van der Waals surface area contributed by atoms with Crippen LogP contribution in [0.2, 0.25) is 0 Å². The highest BCUT2D eigenvalue weighted by Crippen LogP contribution is 2.36. The van der Waals surface area contributed by atoms with Crippen molar-refractivity contribution < 1.29 is 9.47 Å². The Kier molecular flexibility index (Phi) is 3.42. The minimum atomic E-state index is -0.290. The van der Waals surface area contributed by atoms with Gasteiger partial charge in [0.15, 0.2) is 6.29 Å². The molecule has 1 unspecified atom stereocenters. The summed E-state index contributed by atoms with van der Waals surface area (Å²) >= 11 is 0. The van der Waals surface area contributed by atoms with Crippen LogP contribution in [0.25, 0.3) is 0 Å². The number of hydrogen-bond acceptors (Lipinski definition) is 3. The molecule has 2 fully saturated rings. The second kappa shape index (κ2) is 4.62. The molecule has 0 radical (unpaired) electrons. The van der Waals surface area contributed by atoms with Crippen LogP contribution in [0.3, 0.4) is 0 Å². The van der Waals surface area contributed by atoms with E-state index in [9.17, 15) is 0 Å². The van der Waals surface area contributed by atoms with E-state index < -0.39 is 0 Å². The lowest BCUT2D eigenvalue weighted by Crippen LogP contribution is -2.42. The number of hydrogen-bond donors (Lipinski definition) is 1. The van der Waals surface area contributed by atoms with Crippen molar-refractivity contribution in [2.75, 3.05) is 6.61 Å². The quantitative estimate of drug-likeness (QED) is 0.729. The molecule has 0 aromatic carbocycles. The second-order valence-electron chi connectivity index (χ2n) is 4.74. The average molecular weight is 211 g/mol. The molecule has 1 aliphatic heterocycles. The molecule has 3 nitrogen and oxygen atoms in total. The second-order valence-corrected chi connectivity index (χ2v) is 4.74. The average Bonchev–Trinajstić information content (AvgIpc) is 2.69. The third kappa shape index (κ3) is 2.40. The van der Waals surface area contributed by atoms with Crippen LogP contribution in [0.5, 0.6) is 0 Å². The molecule has 1 aliphatic carbocycles. The maximum absolute atomic E-state index is 7.88. The molecule has 0 bridgehead atoms. The first-order chi connectivity index (χ1) is 7.23. The molecule has 1 saturated carbocycles. The van der Waals surface area contributed by atoms with Gasteiger partial charge in [-0.1, -0.05) is 12.8 Å². The zero-order valence-electron chi connectivity index (χ0n) is 9.55. The van der Waals surface area contributed by atoms with Gasteiger partial charge >= 0.3 is 0 Å². The maximum Gasteiger partial charge on any atom is 0.158 e. The Labute approximate surface area is 91.7 Å². The van der Waals surface area contributed by atoms with Gasteiger partial charge in [0.2, 0.25) is 0 Å². The van der Waals surface area contributed by atoms with Gasteiger partial charge in [0.05, 0.1) is 0 Å². The van der Waals surface area contributed by atoms with E-state index in [2.05, 4.69) is 0 Å². The molecule has 1 heterocycles. The summed E-state index contributed by atoms with van der Waals surface area (Å²) in [5.41, 5.74) is 0.385. The van der Waals surface area contributed by atoms with E-state index >= 15 is 0 Å². The summed E-state index contributed by atoms with van der Waals surface area (Å²) in [5.74, 6) is 0.